The molecule has 0 radical (unpaired) electrons. The molecule has 1 N–H and O–H groups in total. The highest BCUT2D eigenvalue weighted by molar-refractivity contribution is 7.89. The summed E-state index contributed by atoms with van der Waals surface area (Å²) in [4.78, 5) is 10.9. The van der Waals surface area contributed by atoms with E-state index in [1.165, 1.54) is 23.4 Å². The van der Waals surface area contributed by atoms with Gasteiger partial charge in [-0.25, -0.2) is 12.8 Å². The first-order valence-corrected chi connectivity index (χ1v) is 7.66. The van der Waals surface area contributed by atoms with Gasteiger partial charge in [0.2, 0.25) is 10.0 Å². The predicted molar refractivity (Wildman–Crippen MR) is 70.2 cm³/mol. The summed E-state index contributed by atoms with van der Waals surface area (Å²) in [6, 6.07) is 3.52. The van der Waals surface area contributed by atoms with Crippen LogP contribution in [0.3, 0.4) is 0 Å². The summed E-state index contributed by atoms with van der Waals surface area (Å²) in [5.41, 5.74) is 0.347. The fourth-order valence-electron chi connectivity index (χ4n) is 2.23. The quantitative estimate of drug-likeness (QED) is 0.914. The highest BCUT2D eigenvalue weighted by Crippen LogP contribution is 2.31. The van der Waals surface area contributed by atoms with E-state index in [2.05, 4.69) is 0 Å². The molecule has 0 aromatic heterocycles. The molecule has 1 fully saturated rings. The SMILES string of the molecule is Cc1cc(F)ccc1S(=O)(=O)N1CC(C(C)C(=O)O)C1. The molecule has 0 saturated carbocycles. The van der Waals surface area contributed by atoms with Crippen molar-refractivity contribution < 1.29 is 22.7 Å². The van der Waals surface area contributed by atoms with Gasteiger partial charge in [0.05, 0.1) is 10.8 Å². The summed E-state index contributed by atoms with van der Waals surface area (Å²) in [6.07, 6.45) is 0. The van der Waals surface area contributed by atoms with E-state index < -0.39 is 27.7 Å². The molecule has 1 unspecified atom stereocenters. The number of halogens is 1. The largest absolute Gasteiger partial charge is 0.481 e. The Morgan fingerprint density at radius 3 is 2.55 bits per heavy atom. The maximum Gasteiger partial charge on any atom is 0.306 e. The molecule has 1 saturated heterocycles. The smallest absolute Gasteiger partial charge is 0.306 e. The van der Waals surface area contributed by atoms with Crippen molar-refractivity contribution in [2.24, 2.45) is 11.8 Å². The van der Waals surface area contributed by atoms with Crippen molar-refractivity contribution in [1.82, 2.24) is 4.31 Å². The number of carboxylic acid groups (broad SMARTS) is 1. The van der Waals surface area contributed by atoms with Gasteiger partial charge < -0.3 is 5.11 Å². The highest BCUT2D eigenvalue weighted by Gasteiger charge is 2.41. The number of benzene rings is 1. The second kappa shape index (κ2) is 5.14. The fraction of sp³-hybridized carbons (Fsp3) is 0.462. The molecule has 110 valence electrons. The van der Waals surface area contributed by atoms with Crippen LogP contribution in [0.4, 0.5) is 4.39 Å². The lowest BCUT2D eigenvalue weighted by molar-refractivity contribution is -0.144. The molecule has 1 atom stereocenters. The topological polar surface area (TPSA) is 74.7 Å². The molecule has 20 heavy (non-hydrogen) atoms. The van der Waals surface area contributed by atoms with Crippen LogP contribution in [-0.2, 0) is 14.8 Å². The first kappa shape index (κ1) is 14.9. The molecule has 0 bridgehead atoms. The molecular formula is C13H16FNO4S. The Balaban J connectivity index is 2.16. The summed E-state index contributed by atoms with van der Waals surface area (Å²) < 4.78 is 38.9. The molecule has 2 rings (SSSR count). The Hall–Kier alpha value is -1.47. The van der Waals surface area contributed by atoms with E-state index >= 15 is 0 Å². The van der Waals surface area contributed by atoms with Crippen molar-refractivity contribution in [2.75, 3.05) is 13.1 Å². The first-order valence-electron chi connectivity index (χ1n) is 6.22. The third kappa shape index (κ3) is 2.55. The number of sulfonamides is 1. The second-order valence-electron chi connectivity index (χ2n) is 5.12. The molecule has 0 aliphatic carbocycles. The van der Waals surface area contributed by atoms with E-state index in [1.807, 2.05) is 0 Å². The fourth-order valence-corrected chi connectivity index (χ4v) is 3.98. The number of hydrogen-bond acceptors (Lipinski definition) is 3. The van der Waals surface area contributed by atoms with Crippen LogP contribution in [-0.4, -0.2) is 36.9 Å². The Morgan fingerprint density at radius 2 is 2.05 bits per heavy atom. The lowest BCUT2D eigenvalue weighted by Crippen LogP contribution is -2.53. The summed E-state index contributed by atoms with van der Waals surface area (Å²) in [6.45, 7) is 3.48. The van der Waals surface area contributed by atoms with Crippen molar-refractivity contribution in [2.45, 2.75) is 18.7 Å². The minimum absolute atomic E-state index is 0.0697. The zero-order valence-electron chi connectivity index (χ0n) is 11.2. The summed E-state index contributed by atoms with van der Waals surface area (Å²) in [5, 5.41) is 8.89. The Bertz CT molecular complexity index is 638. The van der Waals surface area contributed by atoms with E-state index in [0.717, 1.165) is 6.07 Å². The lowest BCUT2D eigenvalue weighted by atomic mass is 9.89. The normalized spacial score (nSPS) is 18.6. The van der Waals surface area contributed by atoms with Crippen molar-refractivity contribution in [3.63, 3.8) is 0 Å². The average molecular weight is 301 g/mol. The van der Waals surface area contributed by atoms with Crippen LogP contribution in [0.2, 0.25) is 0 Å². The van der Waals surface area contributed by atoms with Crippen LogP contribution in [0.25, 0.3) is 0 Å². The van der Waals surface area contributed by atoms with Crippen LogP contribution >= 0.6 is 0 Å². The zero-order chi connectivity index (χ0) is 15.1. The summed E-state index contributed by atoms with van der Waals surface area (Å²) >= 11 is 0. The van der Waals surface area contributed by atoms with E-state index in [0.29, 0.717) is 5.56 Å². The number of aryl methyl sites for hydroxylation is 1. The van der Waals surface area contributed by atoms with Gasteiger partial charge in [-0.05, 0) is 36.6 Å². The van der Waals surface area contributed by atoms with E-state index in [1.54, 1.807) is 6.92 Å². The van der Waals surface area contributed by atoms with Gasteiger partial charge in [-0.2, -0.15) is 4.31 Å². The van der Waals surface area contributed by atoms with Gasteiger partial charge in [0.15, 0.2) is 0 Å². The minimum Gasteiger partial charge on any atom is -0.481 e. The Morgan fingerprint density at radius 1 is 1.45 bits per heavy atom. The maximum absolute atomic E-state index is 13.0. The predicted octanol–water partition coefficient (Wildman–Crippen LogP) is 1.48. The number of rotatable bonds is 4. The van der Waals surface area contributed by atoms with Crippen LogP contribution < -0.4 is 0 Å². The van der Waals surface area contributed by atoms with Crippen molar-refractivity contribution >= 4 is 16.0 Å². The molecule has 1 aromatic carbocycles. The lowest BCUT2D eigenvalue weighted by Gasteiger charge is -2.40. The third-order valence-electron chi connectivity index (χ3n) is 3.73. The molecule has 0 amide bonds. The number of hydrogen-bond donors (Lipinski definition) is 1. The van der Waals surface area contributed by atoms with Crippen molar-refractivity contribution in [1.29, 1.82) is 0 Å². The van der Waals surface area contributed by atoms with Gasteiger partial charge in [-0.15, -0.1) is 0 Å². The van der Waals surface area contributed by atoms with Crippen molar-refractivity contribution in [3.8, 4) is 0 Å². The van der Waals surface area contributed by atoms with Crippen molar-refractivity contribution in [3.05, 3.63) is 29.6 Å². The van der Waals surface area contributed by atoms with E-state index in [4.69, 9.17) is 5.11 Å². The van der Waals surface area contributed by atoms with Gasteiger partial charge in [-0.1, -0.05) is 6.92 Å². The number of carboxylic acids is 1. The molecule has 0 spiro atoms. The number of carbonyl (C=O) groups is 1. The highest BCUT2D eigenvalue weighted by atomic mass is 32.2. The van der Waals surface area contributed by atoms with Gasteiger partial charge in [0.1, 0.15) is 5.82 Å². The minimum atomic E-state index is -3.67. The first-order chi connectivity index (χ1) is 9.23. The molecule has 1 aliphatic rings. The summed E-state index contributed by atoms with van der Waals surface area (Å²) in [5.74, 6) is -2.16. The third-order valence-corrected chi connectivity index (χ3v) is 5.72. The number of aliphatic carboxylic acids is 1. The van der Waals surface area contributed by atoms with Gasteiger partial charge in [-0.3, -0.25) is 4.79 Å². The molecule has 1 aliphatic heterocycles. The van der Waals surface area contributed by atoms with Crippen LogP contribution in [0.15, 0.2) is 23.1 Å². The van der Waals surface area contributed by atoms with Gasteiger partial charge >= 0.3 is 5.97 Å². The molecule has 7 heteroatoms. The van der Waals surface area contributed by atoms with Gasteiger partial charge in [0, 0.05) is 13.1 Å². The Labute approximate surface area is 117 Å². The monoisotopic (exact) mass is 301 g/mol. The van der Waals surface area contributed by atoms with E-state index in [-0.39, 0.29) is 23.9 Å². The molecule has 1 aromatic rings. The second-order valence-corrected chi connectivity index (χ2v) is 7.03. The average Bonchev–Trinajstić information content (AvgIpc) is 2.25. The van der Waals surface area contributed by atoms with E-state index in [9.17, 15) is 17.6 Å². The van der Waals surface area contributed by atoms with Crippen LogP contribution in [0, 0.1) is 24.6 Å². The number of nitrogens with zero attached hydrogens (tertiary/aromatic N) is 1. The zero-order valence-corrected chi connectivity index (χ0v) is 12.0. The molecule has 1 heterocycles. The molecular weight excluding hydrogens is 285 g/mol. The maximum atomic E-state index is 13.0. The van der Waals surface area contributed by atoms with Gasteiger partial charge in [0.25, 0.3) is 0 Å². The van der Waals surface area contributed by atoms with Crippen LogP contribution in [0.5, 0.6) is 0 Å². The van der Waals surface area contributed by atoms with Crippen LogP contribution in [0.1, 0.15) is 12.5 Å². The molecule has 5 nitrogen and oxygen atoms in total. The summed E-state index contributed by atoms with van der Waals surface area (Å²) in [7, 11) is -3.67. The Kier molecular flexibility index (Phi) is 3.84. The standard InChI is InChI=1S/C13H16FNO4S/c1-8-5-11(14)3-4-12(8)20(18,19)15-6-10(7-15)9(2)13(16)17/h3-5,9-10H,6-7H2,1-2H3,(H,16,17).